The van der Waals surface area contributed by atoms with Gasteiger partial charge in [-0.15, -0.1) is 0 Å². The van der Waals surface area contributed by atoms with Crippen LogP contribution in [0.15, 0.2) is 53.4 Å². The molecule has 0 unspecified atom stereocenters. The summed E-state index contributed by atoms with van der Waals surface area (Å²) in [6.45, 7) is 3.79. The summed E-state index contributed by atoms with van der Waals surface area (Å²) >= 11 is 5.88. The molecule has 0 saturated carbocycles. The fourth-order valence-electron chi connectivity index (χ4n) is 2.76. The first-order valence-corrected chi connectivity index (χ1v) is 10.6. The second kappa shape index (κ2) is 8.81. The minimum Gasteiger partial charge on any atom is -0.481 e. The monoisotopic (exact) mass is 424 g/mol. The highest BCUT2D eigenvalue weighted by molar-refractivity contribution is 7.92. The average Bonchev–Trinajstić information content (AvgIpc) is 2.68. The number of ether oxygens (including phenoxy) is 2. The largest absolute Gasteiger partial charge is 0.481 e. The number of amides is 1. The average molecular weight is 425 g/mol. The summed E-state index contributed by atoms with van der Waals surface area (Å²) in [4.78, 5) is 14.2. The standard InChI is InChI=1S/C19H21ClN2O5S/c1-14(19(23)22-9-11-26-12-10-22)27-17-5-7-18(8-6-17)28(24,25)21-16-4-2-3-15(20)13-16/h2-8,13-14,21H,9-12H2,1H3/t14-/m0/s1. The first kappa shape index (κ1) is 20.4. The molecule has 0 aromatic heterocycles. The zero-order valence-corrected chi connectivity index (χ0v) is 16.9. The number of nitrogens with one attached hydrogen (secondary N) is 1. The van der Waals surface area contributed by atoms with Crippen molar-refractivity contribution in [1.82, 2.24) is 4.90 Å². The zero-order valence-electron chi connectivity index (χ0n) is 15.3. The van der Waals surface area contributed by atoms with Crippen LogP contribution in [0.3, 0.4) is 0 Å². The van der Waals surface area contributed by atoms with Gasteiger partial charge in [0.15, 0.2) is 6.10 Å². The summed E-state index contributed by atoms with van der Waals surface area (Å²) in [5, 5.41) is 0.433. The summed E-state index contributed by atoms with van der Waals surface area (Å²) in [5.41, 5.74) is 0.373. The Labute approximate surface area is 169 Å². The molecular formula is C19H21ClN2O5S. The molecule has 1 amide bonds. The lowest BCUT2D eigenvalue weighted by atomic mass is 10.3. The molecule has 1 N–H and O–H groups in total. The predicted molar refractivity (Wildman–Crippen MR) is 106 cm³/mol. The van der Waals surface area contributed by atoms with Gasteiger partial charge in [-0.3, -0.25) is 9.52 Å². The zero-order chi connectivity index (χ0) is 20.1. The summed E-state index contributed by atoms with van der Waals surface area (Å²) in [6, 6.07) is 12.3. The summed E-state index contributed by atoms with van der Waals surface area (Å²) in [7, 11) is -3.76. The van der Waals surface area contributed by atoms with E-state index in [-0.39, 0.29) is 10.8 Å². The molecular weight excluding hydrogens is 404 g/mol. The lowest BCUT2D eigenvalue weighted by Crippen LogP contribution is -2.46. The van der Waals surface area contributed by atoms with Gasteiger partial charge in [0.1, 0.15) is 5.75 Å². The van der Waals surface area contributed by atoms with Gasteiger partial charge >= 0.3 is 0 Å². The minimum absolute atomic E-state index is 0.0759. The Balaban J connectivity index is 1.64. The van der Waals surface area contributed by atoms with E-state index in [4.69, 9.17) is 21.1 Å². The Hall–Kier alpha value is -2.29. The number of carbonyl (C=O) groups excluding carboxylic acids is 1. The van der Waals surface area contributed by atoms with E-state index < -0.39 is 16.1 Å². The van der Waals surface area contributed by atoms with E-state index in [0.29, 0.717) is 42.8 Å². The van der Waals surface area contributed by atoms with Crippen LogP contribution >= 0.6 is 11.6 Å². The molecule has 1 aliphatic heterocycles. The third-order valence-electron chi connectivity index (χ3n) is 4.19. The van der Waals surface area contributed by atoms with Gasteiger partial charge in [0.05, 0.1) is 23.8 Å². The van der Waals surface area contributed by atoms with E-state index in [0.717, 1.165) is 0 Å². The molecule has 1 fully saturated rings. The molecule has 0 bridgehead atoms. The van der Waals surface area contributed by atoms with Crippen LogP contribution in [0.1, 0.15) is 6.92 Å². The van der Waals surface area contributed by atoms with Crippen LogP contribution in [0.25, 0.3) is 0 Å². The molecule has 2 aromatic carbocycles. The third kappa shape index (κ3) is 5.15. The fourth-order valence-corrected chi connectivity index (χ4v) is 4.00. The molecule has 0 radical (unpaired) electrons. The van der Waals surface area contributed by atoms with Crippen LogP contribution in [0.5, 0.6) is 5.75 Å². The van der Waals surface area contributed by atoms with Crippen LogP contribution in [-0.2, 0) is 19.6 Å². The van der Waals surface area contributed by atoms with Crippen molar-refractivity contribution in [2.75, 3.05) is 31.0 Å². The van der Waals surface area contributed by atoms with Gasteiger partial charge in [-0.25, -0.2) is 8.42 Å². The van der Waals surface area contributed by atoms with Gasteiger partial charge < -0.3 is 14.4 Å². The highest BCUT2D eigenvalue weighted by Gasteiger charge is 2.24. The van der Waals surface area contributed by atoms with Gasteiger partial charge in [0.2, 0.25) is 0 Å². The van der Waals surface area contributed by atoms with E-state index in [9.17, 15) is 13.2 Å². The van der Waals surface area contributed by atoms with Crippen molar-refractivity contribution in [3.8, 4) is 5.75 Å². The number of benzene rings is 2. The number of hydrogen-bond donors (Lipinski definition) is 1. The van der Waals surface area contributed by atoms with Crippen LogP contribution < -0.4 is 9.46 Å². The Kier molecular flexibility index (Phi) is 6.43. The molecule has 1 aliphatic rings. The number of halogens is 1. The Morgan fingerprint density at radius 1 is 1.18 bits per heavy atom. The maximum Gasteiger partial charge on any atom is 0.263 e. The Morgan fingerprint density at radius 3 is 2.50 bits per heavy atom. The van der Waals surface area contributed by atoms with Crippen molar-refractivity contribution in [2.45, 2.75) is 17.9 Å². The molecule has 1 heterocycles. The molecule has 28 heavy (non-hydrogen) atoms. The first-order valence-electron chi connectivity index (χ1n) is 8.77. The lowest BCUT2D eigenvalue weighted by Gasteiger charge is -2.29. The molecule has 9 heteroatoms. The maximum atomic E-state index is 12.5. The number of nitrogens with zero attached hydrogens (tertiary/aromatic N) is 1. The van der Waals surface area contributed by atoms with Gasteiger partial charge in [0, 0.05) is 18.1 Å². The third-order valence-corrected chi connectivity index (χ3v) is 5.83. The van der Waals surface area contributed by atoms with E-state index in [1.54, 1.807) is 30.0 Å². The number of carbonyl (C=O) groups is 1. The van der Waals surface area contributed by atoms with Crippen molar-refractivity contribution in [1.29, 1.82) is 0 Å². The van der Waals surface area contributed by atoms with Gasteiger partial charge in [-0.2, -0.15) is 0 Å². The highest BCUT2D eigenvalue weighted by atomic mass is 35.5. The van der Waals surface area contributed by atoms with Crippen molar-refractivity contribution in [3.05, 3.63) is 53.6 Å². The van der Waals surface area contributed by atoms with E-state index in [1.165, 1.54) is 30.3 Å². The Morgan fingerprint density at radius 2 is 1.86 bits per heavy atom. The van der Waals surface area contributed by atoms with Crippen LogP contribution in [0, 0.1) is 0 Å². The quantitative estimate of drug-likeness (QED) is 0.770. The van der Waals surface area contributed by atoms with Crippen molar-refractivity contribution < 1.29 is 22.7 Å². The molecule has 7 nitrogen and oxygen atoms in total. The summed E-state index contributed by atoms with van der Waals surface area (Å²) in [6.07, 6.45) is -0.676. The molecule has 0 spiro atoms. The van der Waals surface area contributed by atoms with E-state index >= 15 is 0 Å². The molecule has 0 aliphatic carbocycles. The number of hydrogen-bond acceptors (Lipinski definition) is 5. The number of morpholine rings is 1. The number of anilines is 1. The summed E-state index contributed by atoms with van der Waals surface area (Å²) in [5.74, 6) is 0.290. The normalized spacial score (nSPS) is 15.7. The summed E-state index contributed by atoms with van der Waals surface area (Å²) < 4.78 is 38.4. The first-order chi connectivity index (χ1) is 13.3. The smallest absolute Gasteiger partial charge is 0.263 e. The van der Waals surface area contributed by atoms with Crippen LogP contribution in [0.2, 0.25) is 5.02 Å². The topological polar surface area (TPSA) is 84.9 Å². The Bertz CT molecular complexity index is 928. The second-order valence-corrected chi connectivity index (χ2v) is 8.40. The predicted octanol–water partition coefficient (Wildman–Crippen LogP) is 2.77. The lowest BCUT2D eigenvalue weighted by molar-refractivity contribution is -0.142. The van der Waals surface area contributed by atoms with Crippen molar-refractivity contribution in [3.63, 3.8) is 0 Å². The maximum absolute atomic E-state index is 12.5. The molecule has 3 rings (SSSR count). The minimum atomic E-state index is -3.76. The van der Waals surface area contributed by atoms with Crippen LogP contribution in [0.4, 0.5) is 5.69 Å². The highest BCUT2D eigenvalue weighted by Crippen LogP contribution is 2.22. The molecule has 2 aromatic rings. The van der Waals surface area contributed by atoms with E-state index in [1.807, 2.05) is 0 Å². The van der Waals surface area contributed by atoms with E-state index in [2.05, 4.69) is 4.72 Å². The second-order valence-electron chi connectivity index (χ2n) is 6.28. The molecule has 1 atom stereocenters. The van der Waals surface area contributed by atoms with Gasteiger partial charge in [0.25, 0.3) is 15.9 Å². The van der Waals surface area contributed by atoms with Crippen molar-refractivity contribution in [2.24, 2.45) is 0 Å². The molecule has 150 valence electrons. The SMILES string of the molecule is C[C@H](Oc1ccc(S(=O)(=O)Nc2cccc(Cl)c2)cc1)C(=O)N1CCOCC1. The van der Waals surface area contributed by atoms with Crippen molar-refractivity contribution >= 4 is 33.2 Å². The number of sulfonamides is 1. The van der Waals surface area contributed by atoms with Gasteiger partial charge in [-0.1, -0.05) is 17.7 Å². The fraction of sp³-hybridized carbons (Fsp3) is 0.316. The van der Waals surface area contributed by atoms with Gasteiger partial charge in [-0.05, 0) is 49.4 Å². The molecule has 1 saturated heterocycles. The van der Waals surface area contributed by atoms with Crippen LogP contribution in [-0.4, -0.2) is 51.6 Å². The number of rotatable bonds is 6.